The first-order valence-corrected chi connectivity index (χ1v) is 10.6. The second kappa shape index (κ2) is 6.80. The van der Waals surface area contributed by atoms with E-state index < -0.39 is 8.32 Å². The number of rotatable bonds is 6. The zero-order chi connectivity index (χ0) is 16.3. The molecule has 1 fully saturated rings. The molecule has 0 aromatic heterocycles. The lowest BCUT2D eigenvalue weighted by Gasteiger charge is -2.42. The summed E-state index contributed by atoms with van der Waals surface area (Å²) in [7, 11) is -1.88. The van der Waals surface area contributed by atoms with E-state index in [1.54, 1.807) is 4.90 Å². The van der Waals surface area contributed by atoms with E-state index in [-0.39, 0.29) is 23.1 Å². The van der Waals surface area contributed by atoms with Crippen LogP contribution in [0.2, 0.25) is 18.1 Å². The summed E-state index contributed by atoms with van der Waals surface area (Å²) in [5.41, 5.74) is 0. The van der Waals surface area contributed by atoms with Crippen LogP contribution in [-0.4, -0.2) is 37.8 Å². The van der Waals surface area contributed by atoms with Crippen LogP contribution < -0.4 is 0 Å². The molecule has 118 valence electrons. The Balaban J connectivity index is 2.94. The second-order valence-electron chi connectivity index (χ2n) is 7.27. The Morgan fingerprint density at radius 1 is 1.57 bits per heavy atom. The molecule has 21 heavy (non-hydrogen) atoms. The number of nitrogens with zero attached hydrogens (tertiary/aromatic N) is 1. The third-order valence-electron chi connectivity index (χ3n) is 4.72. The highest BCUT2D eigenvalue weighted by Gasteiger charge is 2.43. The van der Waals surface area contributed by atoms with E-state index in [0.717, 1.165) is 12.8 Å². The molecule has 4 heteroatoms. The minimum absolute atomic E-state index is 0.00296. The Kier molecular flexibility index (Phi) is 5.83. The fourth-order valence-corrected chi connectivity index (χ4v) is 3.81. The summed E-state index contributed by atoms with van der Waals surface area (Å²) < 4.78 is 6.56. The first kappa shape index (κ1) is 18.0. The van der Waals surface area contributed by atoms with Crippen molar-refractivity contribution in [1.29, 1.82) is 0 Å². The zero-order valence-corrected chi connectivity index (χ0v) is 15.1. The summed E-state index contributed by atoms with van der Waals surface area (Å²) in [6.45, 7) is 15.4. The fraction of sp³-hybridized carbons (Fsp3) is 0.706. The molecule has 0 saturated carbocycles. The number of terminal acetylenes is 1. The summed E-state index contributed by atoms with van der Waals surface area (Å²) in [4.78, 5) is 13.8. The maximum absolute atomic E-state index is 12.0. The Morgan fingerprint density at radius 2 is 2.19 bits per heavy atom. The third-order valence-corrected chi connectivity index (χ3v) is 9.22. The maximum atomic E-state index is 12.0. The maximum Gasteiger partial charge on any atom is 0.223 e. The number of hydrogen-bond donors (Lipinski definition) is 0. The van der Waals surface area contributed by atoms with Gasteiger partial charge in [-0.2, -0.15) is 0 Å². The Hall–Kier alpha value is -1.05. The van der Waals surface area contributed by atoms with E-state index in [1.807, 2.05) is 6.08 Å². The Labute approximate surface area is 130 Å². The lowest BCUT2D eigenvalue weighted by molar-refractivity contribution is -0.129. The average Bonchev–Trinajstić information content (AvgIpc) is 2.70. The predicted molar refractivity (Wildman–Crippen MR) is 90.5 cm³/mol. The first-order chi connectivity index (χ1) is 9.64. The average molecular weight is 308 g/mol. The van der Waals surface area contributed by atoms with Gasteiger partial charge in [0.25, 0.3) is 0 Å². The van der Waals surface area contributed by atoms with Crippen LogP contribution in [0.15, 0.2) is 12.7 Å². The first-order valence-electron chi connectivity index (χ1n) is 7.65. The van der Waals surface area contributed by atoms with Crippen LogP contribution >= 0.6 is 0 Å². The van der Waals surface area contributed by atoms with Crippen LogP contribution in [0.3, 0.4) is 0 Å². The van der Waals surface area contributed by atoms with E-state index in [9.17, 15) is 4.79 Å². The molecule has 1 saturated heterocycles. The van der Waals surface area contributed by atoms with E-state index in [4.69, 9.17) is 10.8 Å². The van der Waals surface area contributed by atoms with Crippen LogP contribution in [0.4, 0.5) is 0 Å². The van der Waals surface area contributed by atoms with E-state index >= 15 is 0 Å². The molecule has 1 amide bonds. The fourth-order valence-electron chi connectivity index (χ4n) is 2.45. The molecular formula is C17H29NO2Si. The van der Waals surface area contributed by atoms with Crippen molar-refractivity contribution in [3.63, 3.8) is 0 Å². The van der Waals surface area contributed by atoms with Crippen molar-refractivity contribution in [2.45, 2.75) is 70.3 Å². The highest BCUT2D eigenvalue weighted by atomic mass is 28.4. The SMILES string of the molecule is C#CCN1C(=O)CC[C@H]1C(CC=C)O[Si](C)(C)C(C)(C)C. The largest absolute Gasteiger partial charge is 0.412 e. The molecular weight excluding hydrogens is 278 g/mol. The summed E-state index contributed by atoms with van der Waals surface area (Å²) in [5, 5.41) is 0.145. The van der Waals surface area contributed by atoms with Crippen molar-refractivity contribution < 1.29 is 9.22 Å². The predicted octanol–water partition coefficient (Wildman–Crippen LogP) is 3.58. The van der Waals surface area contributed by atoms with Gasteiger partial charge in [0.15, 0.2) is 8.32 Å². The standard InChI is InChI=1S/C17H29NO2Si/c1-8-10-15(20-21(6,7)17(3,4)5)14-11-12-16(19)18(14)13-9-2/h2,8,14-15H,1,10-13H2,3-7H3/t14-,15?/m0/s1. The van der Waals surface area contributed by atoms with Gasteiger partial charge in [-0.05, 0) is 31.0 Å². The third kappa shape index (κ3) is 4.21. The summed E-state index contributed by atoms with van der Waals surface area (Å²) in [6, 6.07) is 0.0840. The van der Waals surface area contributed by atoms with Crippen LogP contribution in [0.5, 0.6) is 0 Å². The zero-order valence-electron chi connectivity index (χ0n) is 14.1. The molecule has 1 rings (SSSR count). The van der Waals surface area contributed by atoms with Crippen molar-refractivity contribution >= 4 is 14.2 Å². The van der Waals surface area contributed by atoms with Crippen molar-refractivity contribution in [1.82, 2.24) is 4.90 Å². The molecule has 0 aromatic carbocycles. The van der Waals surface area contributed by atoms with Crippen molar-refractivity contribution in [2.75, 3.05) is 6.54 Å². The van der Waals surface area contributed by atoms with Gasteiger partial charge in [0, 0.05) is 6.42 Å². The van der Waals surface area contributed by atoms with Gasteiger partial charge in [-0.25, -0.2) is 0 Å². The van der Waals surface area contributed by atoms with E-state index in [2.05, 4.69) is 46.4 Å². The highest BCUT2D eigenvalue weighted by molar-refractivity contribution is 6.74. The number of likely N-dealkylation sites (tertiary alicyclic amines) is 1. The quantitative estimate of drug-likeness (QED) is 0.426. The molecule has 0 aromatic rings. The molecule has 0 radical (unpaired) electrons. The van der Waals surface area contributed by atoms with Gasteiger partial charge in [0.1, 0.15) is 0 Å². The number of amides is 1. The molecule has 0 bridgehead atoms. The van der Waals surface area contributed by atoms with Gasteiger partial charge in [-0.3, -0.25) is 4.79 Å². The minimum atomic E-state index is -1.88. The normalized spacial score (nSPS) is 21.2. The lowest BCUT2D eigenvalue weighted by atomic mass is 10.1. The molecule has 0 aliphatic carbocycles. The molecule has 0 N–H and O–H groups in total. The van der Waals surface area contributed by atoms with E-state index in [0.29, 0.717) is 13.0 Å². The van der Waals surface area contributed by atoms with Crippen LogP contribution in [-0.2, 0) is 9.22 Å². The Morgan fingerprint density at radius 3 is 2.67 bits per heavy atom. The molecule has 3 nitrogen and oxygen atoms in total. The smallest absolute Gasteiger partial charge is 0.223 e. The number of hydrogen-bond acceptors (Lipinski definition) is 2. The number of carbonyl (C=O) groups is 1. The Bertz CT molecular complexity index is 431. The summed E-state index contributed by atoms with van der Waals surface area (Å²) in [6.07, 6.45) is 9.45. The summed E-state index contributed by atoms with van der Waals surface area (Å²) in [5.74, 6) is 2.74. The monoisotopic (exact) mass is 307 g/mol. The number of carbonyl (C=O) groups excluding carboxylic acids is 1. The van der Waals surface area contributed by atoms with Gasteiger partial charge in [0.2, 0.25) is 5.91 Å². The van der Waals surface area contributed by atoms with Gasteiger partial charge in [0.05, 0.1) is 18.7 Å². The van der Waals surface area contributed by atoms with Crippen molar-refractivity contribution in [2.24, 2.45) is 0 Å². The van der Waals surface area contributed by atoms with Gasteiger partial charge < -0.3 is 9.33 Å². The van der Waals surface area contributed by atoms with Gasteiger partial charge in [-0.15, -0.1) is 13.0 Å². The highest BCUT2D eigenvalue weighted by Crippen LogP contribution is 2.39. The molecule has 1 heterocycles. The van der Waals surface area contributed by atoms with Crippen molar-refractivity contribution in [3.05, 3.63) is 12.7 Å². The van der Waals surface area contributed by atoms with Crippen LogP contribution in [0.25, 0.3) is 0 Å². The molecule has 2 atom stereocenters. The van der Waals surface area contributed by atoms with Crippen LogP contribution in [0, 0.1) is 12.3 Å². The van der Waals surface area contributed by atoms with Gasteiger partial charge >= 0.3 is 0 Å². The summed E-state index contributed by atoms with van der Waals surface area (Å²) >= 11 is 0. The van der Waals surface area contributed by atoms with Gasteiger partial charge in [-0.1, -0.05) is 32.8 Å². The van der Waals surface area contributed by atoms with Crippen LogP contribution in [0.1, 0.15) is 40.0 Å². The molecule has 1 aliphatic heterocycles. The molecule has 1 unspecified atom stereocenters. The minimum Gasteiger partial charge on any atom is -0.412 e. The lowest BCUT2D eigenvalue weighted by Crippen LogP contribution is -2.50. The topological polar surface area (TPSA) is 29.5 Å². The van der Waals surface area contributed by atoms with Crippen molar-refractivity contribution in [3.8, 4) is 12.3 Å². The molecule has 0 spiro atoms. The van der Waals surface area contributed by atoms with E-state index in [1.165, 1.54) is 0 Å². The second-order valence-corrected chi connectivity index (χ2v) is 12.0. The molecule has 1 aliphatic rings.